The number of hydrogen-bond acceptors (Lipinski definition) is 3. The first kappa shape index (κ1) is 9.19. The Morgan fingerprint density at radius 3 is 2.79 bits per heavy atom. The van der Waals surface area contributed by atoms with Crippen LogP contribution in [0.2, 0.25) is 0 Å². The molecule has 0 amide bonds. The molecule has 0 unspecified atom stereocenters. The van der Waals surface area contributed by atoms with Gasteiger partial charge in [0.2, 0.25) is 0 Å². The minimum atomic E-state index is 0.326. The second kappa shape index (κ2) is 3.40. The molecule has 2 aromatic heterocycles. The molecular weight excluding hydrogens is 176 g/mol. The number of rotatable bonds is 2. The summed E-state index contributed by atoms with van der Waals surface area (Å²) in [5, 5.41) is 0. The highest BCUT2D eigenvalue weighted by molar-refractivity contribution is 5.75. The Balaban J connectivity index is 2.64. The summed E-state index contributed by atoms with van der Waals surface area (Å²) in [5.74, 6) is 1.12. The fourth-order valence-electron chi connectivity index (χ4n) is 1.42. The number of aryl methyl sites for hydroxylation is 1. The van der Waals surface area contributed by atoms with E-state index in [0.717, 1.165) is 29.0 Å². The van der Waals surface area contributed by atoms with Crippen LogP contribution < -0.4 is 0 Å². The third-order valence-electron chi connectivity index (χ3n) is 2.26. The third-order valence-corrected chi connectivity index (χ3v) is 2.26. The molecule has 2 rings (SSSR count). The Hall–Kier alpha value is -1.38. The first-order valence-electron chi connectivity index (χ1n) is 4.95. The number of aromatic nitrogens is 2. The Labute approximate surface area is 83.2 Å². The number of fused-ring (bicyclic) bond motifs is 1. The van der Waals surface area contributed by atoms with Crippen LogP contribution >= 0.6 is 0 Å². The molecule has 0 aliphatic heterocycles. The summed E-state index contributed by atoms with van der Waals surface area (Å²) in [6.45, 7) is 6.24. The van der Waals surface area contributed by atoms with Gasteiger partial charge in [-0.3, -0.25) is 4.98 Å². The topological polar surface area (TPSA) is 38.9 Å². The van der Waals surface area contributed by atoms with Gasteiger partial charge in [0.15, 0.2) is 11.5 Å². The second-order valence-electron chi connectivity index (χ2n) is 3.71. The maximum absolute atomic E-state index is 5.70. The van der Waals surface area contributed by atoms with Crippen LogP contribution in [0.15, 0.2) is 16.8 Å². The average Bonchev–Trinajstić information content (AvgIpc) is 2.60. The second-order valence-corrected chi connectivity index (χ2v) is 3.71. The molecule has 0 aromatic carbocycles. The van der Waals surface area contributed by atoms with Crippen LogP contribution in [0.4, 0.5) is 0 Å². The largest absolute Gasteiger partial charge is 0.440 e. The van der Waals surface area contributed by atoms with Gasteiger partial charge in [-0.15, -0.1) is 0 Å². The molecule has 0 spiro atoms. The maximum atomic E-state index is 5.70. The summed E-state index contributed by atoms with van der Waals surface area (Å²) in [4.78, 5) is 8.53. The zero-order chi connectivity index (χ0) is 10.1. The van der Waals surface area contributed by atoms with Gasteiger partial charge in [-0.25, -0.2) is 4.98 Å². The molecule has 0 radical (unpaired) electrons. The van der Waals surface area contributed by atoms with Crippen LogP contribution in [-0.4, -0.2) is 9.97 Å². The Morgan fingerprint density at radius 2 is 2.14 bits per heavy atom. The van der Waals surface area contributed by atoms with Crippen molar-refractivity contribution in [2.75, 3.05) is 0 Å². The van der Waals surface area contributed by atoms with Crippen molar-refractivity contribution in [1.82, 2.24) is 9.97 Å². The van der Waals surface area contributed by atoms with Crippen molar-refractivity contribution in [1.29, 1.82) is 0 Å². The molecule has 74 valence electrons. The summed E-state index contributed by atoms with van der Waals surface area (Å²) in [5.41, 5.74) is 2.89. The minimum Gasteiger partial charge on any atom is -0.440 e. The minimum absolute atomic E-state index is 0.326. The lowest BCUT2D eigenvalue weighted by Crippen LogP contribution is -1.84. The molecule has 14 heavy (non-hydrogen) atoms. The lowest BCUT2D eigenvalue weighted by Gasteiger charge is -1.95. The van der Waals surface area contributed by atoms with E-state index in [9.17, 15) is 0 Å². The van der Waals surface area contributed by atoms with Gasteiger partial charge in [-0.05, 0) is 6.42 Å². The highest BCUT2D eigenvalue weighted by Crippen LogP contribution is 2.23. The number of oxazole rings is 1. The number of hydrogen-bond donors (Lipinski definition) is 0. The van der Waals surface area contributed by atoms with Crippen LogP contribution in [0.5, 0.6) is 0 Å². The summed E-state index contributed by atoms with van der Waals surface area (Å²) in [6, 6.07) is 0. The van der Waals surface area contributed by atoms with Crippen LogP contribution in [0.25, 0.3) is 11.1 Å². The summed E-state index contributed by atoms with van der Waals surface area (Å²) in [6.07, 6.45) is 4.53. The van der Waals surface area contributed by atoms with Gasteiger partial charge in [-0.2, -0.15) is 0 Å². The van der Waals surface area contributed by atoms with Gasteiger partial charge < -0.3 is 4.42 Å². The predicted molar refractivity (Wildman–Crippen MR) is 55.3 cm³/mol. The SMILES string of the molecule is CCc1cncc2nc(C(C)C)oc12. The average molecular weight is 190 g/mol. The van der Waals surface area contributed by atoms with E-state index >= 15 is 0 Å². The molecule has 0 atom stereocenters. The van der Waals surface area contributed by atoms with Gasteiger partial charge in [0.25, 0.3) is 0 Å². The quantitative estimate of drug-likeness (QED) is 0.730. The molecule has 0 aliphatic carbocycles. The fraction of sp³-hybridized carbons (Fsp3) is 0.455. The molecule has 3 heteroatoms. The Bertz CT molecular complexity index is 445. The van der Waals surface area contributed by atoms with E-state index in [2.05, 4.69) is 30.7 Å². The molecule has 0 fully saturated rings. The van der Waals surface area contributed by atoms with E-state index < -0.39 is 0 Å². The predicted octanol–water partition coefficient (Wildman–Crippen LogP) is 2.91. The van der Waals surface area contributed by atoms with Gasteiger partial charge in [0.1, 0.15) is 5.52 Å². The van der Waals surface area contributed by atoms with Gasteiger partial charge >= 0.3 is 0 Å². The Morgan fingerprint density at radius 1 is 1.36 bits per heavy atom. The van der Waals surface area contributed by atoms with Crippen LogP contribution in [-0.2, 0) is 6.42 Å². The van der Waals surface area contributed by atoms with Crippen molar-refractivity contribution in [3.63, 3.8) is 0 Å². The van der Waals surface area contributed by atoms with E-state index in [1.165, 1.54) is 0 Å². The lowest BCUT2D eigenvalue weighted by atomic mass is 10.2. The molecule has 3 nitrogen and oxygen atoms in total. The van der Waals surface area contributed by atoms with E-state index in [-0.39, 0.29) is 0 Å². The number of nitrogens with zero attached hydrogens (tertiary/aromatic N) is 2. The van der Waals surface area contributed by atoms with E-state index in [0.29, 0.717) is 5.92 Å². The molecule has 2 aromatic rings. The highest BCUT2D eigenvalue weighted by atomic mass is 16.3. The summed E-state index contributed by atoms with van der Waals surface area (Å²) in [7, 11) is 0. The molecular formula is C11H14N2O. The van der Waals surface area contributed by atoms with Crippen molar-refractivity contribution in [2.45, 2.75) is 33.1 Å². The molecule has 0 saturated heterocycles. The van der Waals surface area contributed by atoms with E-state index in [4.69, 9.17) is 4.42 Å². The monoisotopic (exact) mass is 190 g/mol. The number of pyridine rings is 1. The Kier molecular flexibility index (Phi) is 2.23. The van der Waals surface area contributed by atoms with Crippen molar-refractivity contribution < 1.29 is 4.42 Å². The first-order chi connectivity index (χ1) is 6.72. The van der Waals surface area contributed by atoms with Crippen LogP contribution in [0.3, 0.4) is 0 Å². The van der Waals surface area contributed by atoms with Gasteiger partial charge in [0.05, 0.1) is 6.20 Å². The zero-order valence-corrected chi connectivity index (χ0v) is 8.74. The highest BCUT2D eigenvalue weighted by Gasteiger charge is 2.11. The maximum Gasteiger partial charge on any atom is 0.198 e. The standard InChI is InChI=1S/C11H14N2O/c1-4-8-5-12-6-9-10(8)14-11(13-9)7(2)3/h5-7H,4H2,1-3H3. The van der Waals surface area contributed by atoms with Crippen molar-refractivity contribution >= 4 is 11.1 Å². The fourth-order valence-corrected chi connectivity index (χ4v) is 1.42. The molecule has 0 N–H and O–H groups in total. The summed E-state index contributed by atoms with van der Waals surface area (Å²) >= 11 is 0. The molecule has 0 bridgehead atoms. The normalized spacial score (nSPS) is 11.4. The van der Waals surface area contributed by atoms with Gasteiger partial charge in [0, 0.05) is 17.7 Å². The van der Waals surface area contributed by atoms with Crippen molar-refractivity contribution in [3.05, 3.63) is 23.8 Å². The lowest BCUT2D eigenvalue weighted by molar-refractivity contribution is 0.499. The molecule has 0 aliphatic rings. The first-order valence-corrected chi connectivity index (χ1v) is 4.95. The summed E-state index contributed by atoms with van der Waals surface area (Å²) < 4.78 is 5.70. The molecule has 0 saturated carbocycles. The van der Waals surface area contributed by atoms with Crippen LogP contribution in [0, 0.1) is 0 Å². The van der Waals surface area contributed by atoms with Crippen LogP contribution in [0.1, 0.15) is 38.1 Å². The van der Waals surface area contributed by atoms with E-state index in [1.807, 2.05) is 6.20 Å². The smallest absolute Gasteiger partial charge is 0.198 e. The zero-order valence-electron chi connectivity index (χ0n) is 8.74. The van der Waals surface area contributed by atoms with E-state index in [1.54, 1.807) is 6.20 Å². The van der Waals surface area contributed by atoms with Crippen molar-refractivity contribution in [2.24, 2.45) is 0 Å². The molecule has 2 heterocycles. The van der Waals surface area contributed by atoms with Gasteiger partial charge in [-0.1, -0.05) is 20.8 Å². The third kappa shape index (κ3) is 1.39. The van der Waals surface area contributed by atoms with Crippen molar-refractivity contribution in [3.8, 4) is 0 Å².